The van der Waals surface area contributed by atoms with Crippen molar-refractivity contribution < 1.29 is 9.21 Å². The van der Waals surface area contributed by atoms with Crippen molar-refractivity contribution in [2.45, 2.75) is 19.5 Å². The lowest BCUT2D eigenvalue weighted by atomic mass is 10.3. The van der Waals surface area contributed by atoms with Crippen molar-refractivity contribution in [3.05, 3.63) is 75.6 Å². The molecule has 10 nitrogen and oxygen atoms in total. The van der Waals surface area contributed by atoms with E-state index in [-0.39, 0.29) is 37.7 Å². The standard InChI is InChI=1S/C19H18N6O4/c26-17(10-12-23-15-8-4-5-9-16(15)29-19(23)28)20-11-13-24-18(27)25(22-21-24)14-6-2-1-3-7-14/h1-9H,10-13H2,(H,20,26). The highest BCUT2D eigenvalue weighted by Crippen LogP contribution is 2.11. The Labute approximate surface area is 164 Å². The predicted molar refractivity (Wildman–Crippen MR) is 104 cm³/mol. The molecule has 0 aliphatic heterocycles. The minimum absolute atomic E-state index is 0.106. The first-order valence-electron chi connectivity index (χ1n) is 9.07. The summed E-state index contributed by atoms with van der Waals surface area (Å²) in [6.45, 7) is 0.602. The number of aryl methyl sites for hydroxylation is 1. The van der Waals surface area contributed by atoms with Gasteiger partial charge in [-0.05, 0) is 34.7 Å². The van der Waals surface area contributed by atoms with Crippen LogP contribution in [0.3, 0.4) is 0 Å². The van der Waals surface area contributed by atoms with Crippen LogP contribution in [-0.2, 0) is 17.9 Å². The van der Waals surface area contributed by atoms with Crippen molar-refractivity contribution in [2.75, 3.05) is 6.54 Å². The zero-order valence-electron chi connectivity index (χ0n) is 15.4. The summed E-state index contributed by atoms with van der Waals surface area (Å²) in [6.07, 6.45) is 0.106. The quantitative estimate of drug-likeness (QED) is 0.489. The second kappa shape index (κ2) is 7.97. The monoisotopic (exact) mass is 394 g/mol. The minimum Gasteiger partial charge on any atom is -0.408 e. The van der Waals surface area contributed by atoms with E-state index in [9.17, 15) is 14.4 Å². The van der Waals surface area contributed by atoms with Crippen LogP contribution in [0.5, 0.6) is 0 Å². The number of carbonyl (C=O) groups is 1. The molecule has 4 aromatic rings. The molecule has 1 N–H and O–H groups in total. The third-order valence-corrected chi connectivity index (χ3v) is 4.42. The van der Waals surface area contributed by atoms with Crippen LogP contribution in [0.25, 0.3) is 16.8 Å². The molecule has 0 saturated carbocycles. The number of carbonyl (C=O) groups excluding carboxylic acids is 1. The van der Waals surface area contributed by atoms with Crippen LogP contribution in [0.1, 0.15) is 6.42 Å². The highest BCUT2D eigenvalue weighted by Gasteiger charge is 2.11. The van der Waals surface area contributed by atoms with E-state index in [1.165, 1.54) is 13.9 Å². The van der Waals surface area contributed by atoms with Crippen molar-refractivity contribution in [2.24, 2.45) is 0 Å². The fourth-order valence-electron chi connectivity index (χ4n) is 2.97. The lowest BCUT2D eigenvalue weighted by Gasteiger charge is -2.05. The van der Waals surface area contributed by atoms with Crippen molar-refractivity contribution in [3.63, 3.8) is 0 Å². The zero-order valence-corrected chi connectivity index (χ0v) is 15.4. The fourth-order valence-corrected chi connectivity index (χ4v) is 2.97. The van der Waals surface area contributed by atoms with Gasteiger partial charge in [-0.25, -0.2) is 9.59 Å². The number of aromatic nitrogens is 5. The number of rotatable bonds is 7. The molecule has 0 aliphatic rings. The van der Waals surface area contributed by atoms with Gasteiger partial charge in [-0.15, -0.1) is 0 Å². The molecule has 0 radical (unpaired) electrons. The van der Waals surface area contributed by atoms with E-state index < -0.39 is 5.76 Å². The number of benzene rings is 2. The molecule has 2 aromatic carbocycles. The lowest BCUT2D eigenvalue weighted by Crippen LogP contribution is -2.32. The van der Waals surface area contributed by atoms with E-state index in [1.807, 2.05) is 6.07 Å². The molecule has 0 unspecified atom stereocenters. The van der Waals surface area contributed by atoms with Crippen molar-refractivity contribution >= 4 is 17.0 Å². The fraction of sp³-hybridized carbons (Fsp3) is 0.211. The number of nitrogens with one attached hydrogen (secondary N) is 1. The molecule has 0 fully saturated rings. The van der Waals surface area contributed by atoms with Gasteiger partial charge in [0.1, 0.15) is 0 Å². The Balaban J connectivity index is 1.32. The highest BCUT2D eigenvalue weighted by molar-refractivity contribution is 5.76. The summed E-state index contributed by atoms with van der Waals surface area (Å²) in [7, 11) is 0. The summed E-state index contributed by atoms with van der Waals surface area (Å²) >= 11 is 0. The molecule has 1 amide bonds. The molecule has 2 heterocycles. The van der Waals surface area contributed by atoms with Crippen LogP contribution in [0.2, 0.25) is 0 Å². The number of hydrogen-bond donors (Lipinski definition) is 1. The van der Waals surface area contributed by atoms with Crippen LogP contribution < -0.4 is 16.8 Å². The normalized spacial score (nSPS) is 11.0. The first-order valence-corrected chi connectivity index (χ1v) is 9.07. The second-order valence-electron chi connectivity index (χ2n) is 6.32. The molecule has 148 valence electrons. The molecule has 29 heavy (non-hydrogen) atoms. The largest absolute Gasteiger partial charge is 0.419 e. The van der Waals surface area contributed by atoms with Gasteiger partial charge in [0, 0.05) is 19.5 Å². The Morgan fingerprint density at radius 3 is 2.55 bits per heavy atom. The highest BCUT2D eigenvalue weighted by atomic mass is 16.4. The summed E-state index contributed by atoms with van der Waals surface area (Å²) in [6, 6.07) is 16.0. The molecule has 0 atom stereocenters. The smallest absolute Gasteiger partial charge is 0.408 e. The molecule has 0 saturated heterocycles. The van der Waals surface area contributed by atoms with E-state index in [0.29, 0.717) is 16.8 Å². The molecule has 0 aliphatic carbocycles. The molecule has 2 aromatic heterocycles. The number of tetrazole rings is 1. The maximum atomic E-state index is 12.3. The predicted octanol–water partition coefficient (Wildman–Crippen LogP) is 0.543. The molecular weight excluding hydrogens is 376 g/mol. The molecule has 0 bridgehead atoms. The van der Waals surface area contributed by atoms with Crippen molar-refractivity contribution in [3.8, 4) is 5.69 Å². The zero-order chi connectivity index (χ0) is 20.2. The Morgan fingerprint density at radius 2 is 1.72 bits per heavy atom. The SMILES string of the molecule is O=C(CCn1c(=O)oc2ccccc21)NCCn1nnn(-c2ccccc2)c1=O. The van der Waals surface area contributed by atoms with Crippen LogP contribution in [0, 0.1) is 0 Å². The topological polar surface area (TPSA) is 117 Å². The number of amides is 1. The van der Waals surface area contributed by atoms with E-state index >= 15 is 0 Å². The van der Waals surface area contributed by atoms with E-state index in [2.05, 4.69) is 15.7 Å². The molecule has 4 rings (SSSR count). The number of fused-ring (bicyclic) bond motifs is 1. The van der Waals surface area contributed by atoms with E-state index in [1.54, 1.807) is 48.5 Å². The van der Waals surface area contributed by atoms with Gasteiger partial charge < -0.3 is 9.73 Å². The van der Waals surface area contributed by atoms with E-state index in [0.717, 1.165) is 0 Å². The molecule has 0 spiro atoms. The third kappa shape index (κ3) is 3.86. The van der Waals surface area contributed by atoms with Crippen LogP contribution >= 0.6 is 0 Å². The van der Waals surface area contributed by atoms with Gasteiger partial charge >= 0.3 is 11.4 Å². The van der Waals surface area contributed by atoms with Gasteiger partial charge in [0.15, 0.2) is 5.58 Å². The number of para-hydroxylation sites is 3. The molecule has 10 heteroatoms. The third-order valence-electron chi connectivity index (χ3n) is 4.42. The van der Waals surface area contributed by atoms with Gasteiger partial charge in [-0.2, -0.15) is 9.36 Å². The summed E-state index contributed by atoms with van der Waals surface area (Å²) in [5, 5.41) is 10.4. The first kappa shape index (κ1) is 18.4. The summed E-state index contributed by atoms with van der Waals surface area (Å²) < 4.78 is 8.94. The number of oxazole rings is 1. The maximum absolute atomic E-state index is 12.3. The number of hydrogen-bond acceptors (Lipinski definition) is 6. The Kier molecular flexibility index (Phi) is 5.06. The second-order valence-corrected chi connectivity index (χ2v) is 6.32. The van der Waals surface area contributed by atoms with Crippen molar-refractivity contribution in [1.82, 2.24) is 29.7 Å². The first-order chi connectivity index (χ1) is 14.1. The Bertz CT molecular complexity index is 1250. The number of nitrogens with zero attached hydrogens (tertiary/aromatic N) is 5. The van der Waals surface area contributed by atoms with Gasteiger partial charge in [0.25, 0.3) is 0 Å². The average Bonchev–Trinajstić information content (AvgIpc) is 3.26. The van der Waals surface area contributed by atoms with Gasteiger partial charge in [-0.1, -0.05) is 30.3 Å². The van der Waals surface area contributed by atoms with Crippen LogP contribution in [0.4, 0.5) is 0 Å². The molecular formula is C19H18N6O4. The summed E-state index contributed by atoms with van der Waals surface area (Å²) in [5.74, 6) is -0.742. The van der Waals surface area contributed by atoms with Gasteiger partial charge in [0.05, 0.1) is 17.7 Å². The van der Waals surface area contributed by atoms with E-state index in [4.69, 9.17) is 4.42 Å². The van der Waals surface area contributed by atoms with Gasteiger partial charge in [0.2, 0.25) is 5.91 Å². The minimum atomic E-state index is -0.497. The van der Waals surface area contributed by atoms with Gasteiger partial charge in [-0.3, -0.25) is 9.36 Å². The Hall–Kier alpha value is -3.95. The van der Waals surface area contributed by atoms with Crippen LogP contribution in [0.15, 0.2) is 68.6 Å². The summed E-state index contributed by atoms with van der Waals surface area (Å²) in [4.78, 5) is 36.3. The van der Waals surface area contributed by atoms with Crippen LogP contribution in [-0.4, -0.2) is 36.8 Å². The summed E-state index contributed by atoms with van der Waals surface area (Å²) in [5.41, 5.74) is 1.36. The maximum Gasteiger partial charge on any atom is 0.419 e. The average molecular weight is 394 g/mol. The lowest BCUT2D eigenvalue weighted by molar-refractivity contribution is -0.121. The Morgan fingerprint density at radius 1 is 0.966 bits per heavy atom. The van der Waals surface area contributed by atoms with Crippen molar-refractivity contribution in [1.29, 1.82) is 0 Å².